The zero-order valence-corrected chi connectivity index (χ0v) is 13.8. The second kappa shape index (κ2) is 6.73. The number of hydrogen-bond acceptors (Lipinski definition) is 2. The minimum Gasteiger partial charge on any atom is -0.378 e. The molecule has 1 heterocycles. The van der Waals surface area contributed by atoms with Gasteiger partial charge in [0, 0.05) is 17.1 Å². The van der Waals surface area contributed by atoms with Crippen molar-refractivity contribution >= 4 is 15.9 Å². The van der Waals surface area contributed by atoms with Gasteiger partial charge < -0.3 is 4.74 Å². The summed E-state index contributed by atoms with van der Waals surface area (Å²) in [6, 6.07) is 20.0. The number of benzene rings is 2. The van der Waals surface area contributed by atoms with Crippen molar-refractivity contribution < 1.29 is 4.74 Å². The van der Waals surface area contributed by atoms with Crippen LogP contribution in [0.4, 0.5) is 0 Å². The summed E-state index contributed by atoms with van der Waals surface area (Å²) in [6.07, 6.45) is 0. The third kappa shape index (κ3) is 3.37. The molecule has 0 spiro atoms. The van der Waals surface area contributed by atoms with Crippen LogP contribution in [-0.4, -0.2) is 24.7 Å². The van der Waals surface area contributed by atoms with E-state index in [2.05, 4.69) is 82.4 Å². The molecule has 3 rings (SSSR count). The second-order valence-electron chi connectivity index (χ2n) is 5.47. The first-order valence-corrected chi connectivity index (χ1v) is 8.19. The highest BCUT2D eigenvalue weighted by atomic mass is 79.9. The first kappa shape index (κ1) is 14.8. The van der Waals surface area contributed by atoms with E-state index < -0.39 is 0 Å². The van der Waals surface area contributed by atoms with Crippen LogP contribution in [-0.2, 0) is 4.74 Å². The highest BCUT2D eigenvalue weighted by Gasteiger charge is 2.28. The van der Waals surface area contributed by atoms with Gasteiger partial charge in [0.25, 0.3) is 0 Å². The molecular formula is C18H20BrNO. The monoisotopic (exact) mass is 345 g/mol. The molecule has 1 fully saturated rings. The predicted octanol–water partition coefficient (Wildman–Crippen LogP) is 4.58. The van der Waals surface area contributed by atoms with Crippen molar-refractivity contribution in [2.24, 2.45) is 0 Å². The van der Waals surface area contributed by atoms with Gasteiger partial charge in [0.1, 0.15) is 0 Å². The van der Waals surface area contributed by atoms with Crippen LogP contribution in [0.25, 0.3) is 0 Å². The quantitative estimate of drug-likeness (QED) is 0.806. The zero-order valence-electron chi connectivity index (χ0n) is 12.2. The molecule has 0 amide bonds. The number of nitrogens with zero attached hydrogens (tertiary/aromatic N) is 1. The summed E-state index contributed by atoms with van der Waals surface area (Å²) in [5.41, 5.74) is 2.68. The minimum absolute atomic E-state index is 0.321. The fourth-order valence-corrected chi connectivity index (χ4v) is 3.24. The SMILES string of the molecule is C[C@H](c1ccccc1)N1CCOCC1c1ccc(Br)cc1. The lowest BCUT2D eigenvalue weighted by atomic mass is 9.99. The highest BCUT2D eigenvalue weighted by molar-refractivity contribution is 9.10. The molecule has 110 valence electrons. The summed E-state index contributed by atoms with van der Waals surface area (Å²) in [7, 11) is 0. The maximum absolute atomic E-state index is 5.73. The Morgan fingerprint density at radius 2 is 1.81 bits per heavy atom. The molecule has 0 saturated carbocycles. The Morgan fingerprint density at radius 1 is 1.10 bits per heavy atom. The van der Waals surface area contributed by atoms with Crippen molar-refractivity contribution in [3.63, 3.8) is 0 Å². The molecule has 1 saturated heterocycles. The lowest BCUT2D eigenvalue weighted by Gasteiger charge is -2.40. The fraction of sp³-hybridized carbons (Fsp3) is 0.333. The Hall–Kier alpha value is -1.16. The maximum atomic E-state index is 5.73. The summed E-state index contributed by atoms with van der Waals surface area (Å²) in [5.74, 6) is 0. The maximum Gasteiger partial charge on any atom is 0.0664 e. The molecule has 0 radical (unpaired) electrons. The van der Waals surface area contributed by atoms with Gasteiger partial charge in [0.05, 0.1) is 19.3 Å². The van der Waals surface area contributed by atoms with E-state index in [-0.39, 0.29) is 0 Å². The smallest absolute Gasteiger partial charge is 0.0664 e. The van der Waals surface area contributed by atoms with E-state index in [9.17, 15) is 0 Å². The Labute approximate surface area is 134 Å². The van der Waals surface area contributed by atoms with E-state index in [1.54, 1.807) is 0 Å². The van der Waals surface area contributed by atoms with Crippen LogP contribution in [0.5, 0.6) is 0 Å². The van der Waals surface area contributed by atoms with Gasteiger partial charge in [0.2, 0.25) is 0 Å². The molecule has 0 aromatic heterocycles. The molecule has 1 aliphatic rings. The van der Waals surface area contributed by atoms with E-state index in [1.165, 1.54) is 11.1 Å². The topological polar surface area (TPSA) is 12.5 Å². The van der Waals surface area contributed by atoms with Crippen LogP contribution in [0, 0.1) is 0 Å². The average molecular weight is 346 g/mol. The van der Waals surface area contributed by atoms with Crippen LogP contribution in [0.2, 0.25) is 0 Å². The molecule has 2 atom stereocenters. The van der Waals surface area contributed by atoms with Crippen molar-refractivity contribution in [1.29, 1.82) is 0 Å². The Morgan fingerprint density at radius 3 is 2.52 bits per heavy atom. The van der Waals surface area contributed by atoms with Crippen LogP contribution < -0.4 is 0 Å². The molecule has 0 bridgehead atoms. The summed E-state index contributed by atoms with van der Waals surface area (Å²) in [6.45, 7) is 4.83. The van der Waals surface area contributed by atoms with E-state index >= 15 is 0 Å². The Balaban J connectivity index is 1.86. The van der Waals surface area contributed by atoms with Crippen LogP contribution in [0.3, 0.4) is 0 Å². The van der Waals surface area contributed by atoms with E-state index in [0.717, 1.165) is 24.2 Å². The predicted molar refractivity (Wildman–Crippen MR) is 89.3 cm³/mol. The molecule has 2 nitrogen and oxygen atoms in total. The van der Waals surface area contributed by atoms with Gasteiger partial charge in [0.15, 0.2) is 0 Å². The van der Waals surface area contributed by atoms with Gasteiger partial charge >= 0.3 is 0 Å². The van der Waals surface area contributed by atoms with Crippen LogP contribution in [0.15, 0.2) is 59.1 Å². The summed E-state index contributed by atoms with van der Waals surface area (Å²) >= 11 is 3.51. The van der Waals surface area contributed by atoms with E-state index in [0.29, 0.717) is 12.1 Å². The molecule has 1 unspecified atom stereocenters. The van der Waals surface area contributed by atoms with Gasteiger partial charge in [-0.1, -0.05) is 58.4 Å². The first-order valence-electron chi connectivity index (χ1n) is 7.39. The fourth-order valence-electron chi connectivity index (χ4n) is 2.98. The normalized spacial score (nSPS) is 21.1. The van der Waals surface area contributed by atoms with Crippen molar-refractivity contribution in [3.8, 4) is 0 Å². The van der Waals surface area contributed by atoms with Crippen molar-refractivity contribution in [3.05, 3.63) is 70.2 Å². The van der Waals surface area contributed by atoms with Gasteiger partial charge in [-0.25, -0.2) is 0 Å². The van der Waals surface area contributed by atoms with Crippen molar-refractivity contribution in [2.45, 2.75) is 19.0 Å². The number of rotatable bonds is 3. The van der Waals surface area contributed by atoms with Crippen LogP contribution >= 0.6 is 15.9 Å². The number of morpholine rings is 1. The number of ether oxygens (including phenoxy) is 1. The van der Waals surface area contributed by atoms with Gasteiger partial charge in [-0.3, -0.25) is 4.90 Å². The average Bonchev–Trinajstić information content (AvgIpc) is 2.56. The van der Waals surface area contributed by atoms with Crippen molar-refractivity contribution in [1.82, 2.24) is 4.90 Å². The second-order valence-corrected chi connectivity index (χ2v) is 6.38. The molecule has 2 aromatic carbocycles. The molecule has 1 aliphatic heterocycles. The molecule has 0 aliphatic carbocycles. The molecule has 21 heavy (non-hydrogen) atoms. The lowest BCUT2D eigenvalue weighted by molar-refractivity contribution is -0.0275. The first-order chi connectivity index (χ1) is 10.3. The van der Waals surface area contributed by atoms with Gasteiger partial charge in [-0.05, 0) is 30.2 Å². The molecule has 3 heteroatoms. The number of hydrogen-bond donors (Lipinski definition) is 0. The summed E-state index contributed by atoms with van der Waals surface area (Å²) in [5, 5.41) is 0. The summed E-state index contributed by atoms with van der Waals surface area (Å²) < 4.78 is 6.85. The largest absolute Gasteiger partial charge is 0.378 e. The third-order valence-corrected chi connectivity index (χ3v) is 4.73. The zero-order chi connectivity index (χ0) is 14.7. The Bertz CT molecular complexity index is 570. The third-order valence-electron chi connectivity index (χ3n) is 4.20. The van der Waals surface area contributed by atoms with Gasteiger partial charge in [-0.15, -0.1) is 0 Å². The lowest BCUT2D eigenvalue weighted by Crippen LogP contribution is -2.41. The van der Waals surface area contributed by atoms with E-state index in [1.807, 2.05) is 0 Å². The summed E-state index contributed by atoms with van der Waals surface area (Å²) in [4.78, 5) is 2.54. The molecule has 0 N–H and O–H groups in total. The minimum atomic E-state index is 0.321. The van der Waals surface area contributed by atoms with Crippen molar-refractivity contribution in [2.75, 3.05) is 19.8 Å². The van der Waals surface area contributed by atoms with Gasteiger partial charge in [-0.2, -0.15) is 0 Å². The standard InChI is InChI=1S/C18H20BrNO/c1-14(15-5-3-2-4-6-15)20-11-12-21-13-18(20)16-7-9-17(19)10-8-16/h2-10,14,18H,11-13H2,1H3/t14-,18?/m1/s1. The number of halogens is 1. The van der Waals surface area contributed by atoms with Crippen LogP contribution in [0.1, 0.15) is 30.1 Å². The van der Waals surface area contributed by atoms with E-state index in [4.69, 9.17) is 4.74 Å². The molecule has 2 aromatic rings. The highest BCUT2D eigenvalue weighted by Crippen LogP contribution is 2.33. The molecular weight excluding hydrogens is 326 g/mol. The Kier molecular flexibility index (Phi) is 4.73.